The summed E-state index contributed by atoms with van der Waals surface area (Å²) in [5, 5.41) is 3.36. The predicted molar refractivity (Wildman–Crippen MR) is 78.5 cm³/mol. The van der Waals surface area contributed by atoms with Crippen LogP contribution in [0.5, 0.6) is 0 Å². The Hall–Kier alpha value is -1.26. The first kappa shape index (κ1) is 15.1. The molecule has 0 spiro atoms. The van der Waals surface area contributed by atoms with Crippen LogP contribution in [0.4, 0.5) is 4.39 Å². The molecule has 0 unspecified atom stereocenters. The van der Waals surface area contributed by atoms with E-state index in [0.29, 0.717) is 18.0 Å². The molecular formula is C16H23FN2O. The van der Waals surface area contributed by atoms with Crippen LogP contribution in [0.1, 0.15) is 36.5 Å². The number of benzene rings is 1. The summed E-state index contributed by atoms with van der Waals surface area (Å²) in [6.07, 6.45) is 2.81. The molecule has 1 aromatic carbocycles. The Balaban J connectivity index is 1.85. The minimum absolute atomic E-state index is 0.0948. The number of ketones is 1. The van der Waals surface area contributed by atoms with E-state index in [1.165, 1.54) is 12.1 Å². The molecule has 1 heterocycles. The van der Waals surface area contributed by atoms with Crippen molar-refractivity contribution in [1.29, 1.82) is 0 Å². The quantitative estimate of drug-likeness (QED) is 0.811. The van der Waals surface area contributed by atoms with E-state index in [0.717, 1.165) is 39.0 Å². The van der Waals surface area contributed by atoms with Gasteiger partial charge in [-0.05, 0) is 56.7 Å². The molecule has 0 radical (unpaired) electrons. The second kappa shape index (κ2) is 7.50. The standard InChI is InChI=1S/C16H23FN2O/c1-2-19(15-7-10-18-11-8-15)12-9-16(20)13-3-5-14(17)6-4-13/h3-6,15,18H,2,7-12H2,1H3. The molecule has 0 aliphatic carbocycles. The molecule has 1 N–H and O–H groups in total. The lowest BCUT2D eigenvalue weighted by Crippen LogP contribution is -2.43. The minimum Gasteiger partial charge on any atom is -0.317 e. The van der Waals surface area contributed by atoms with Gasteiger partial charge in [-0.15, -0.1) is 0 Å². The zero-order valence-corrected chi connectivity index (χ0v) is 12.1. The topological polar surface area (TPSA) is 32.3 Å². The molecule has 2 rings (SSSR count). The van der Waals surface area contributed by atoms with Crippen molar-refractivity contribution in [2.45, 2.75) is 32.2 Å². The molecule has 1 aromatic rings. The summed E-state index contributed by atoms with van der Waals surface area (Å²) >= 11 is 0. The molecule has 0 amide bonds. The van der Waals surface area contributed by atoms with Crippen LogP contribution in [0.3, 0.4) is 0 Å². The number of rotatable bonds is 6. The maximum absolute atomic E-state index is 12.8. The Morgan fingerprint density at radius 1 is 1.30 bits per heavy atom. The van der Waals surface area contributed by atoms with Crippen LogP contribution in [0, 0.1) is 5.82 Å². The maximum Gasteiger partial charge on any atom is 0.164 e. The Morgan fingerprint density at radius 2 is 1.95 bits per heavy atom. The fourth-order valence-corrected chi connectivity index (χ4v) is 2.80. The van der Waals surface area contributed by atoms with Crippen LogP contribution in [0.25, 0.3) is 0 Å². The first-order valence-electron chi connectivity index (χ1n) is 7.44. The summed E-state index contributed by atoms with van der Waals surface area (Å²) < 4.78 is 12.8. The summed E-state index contributed by atoms with van der Waals surface area (Å²) in [5.41, 5.74) is 0.604. The maximum atomic E-state index is 12.8. The summed E-state index contributed by atoms with van der Waals surface area (Å²) in [6, 6.07) is 6.41. The van der Waals surface area contributed by atoms with E-state index in [1.54, 1.807) is 12.1 Å². The second-order valence-corrected chi connectivity index (χ2v) is 5.29. The van der Waals surface area contributed by atoms with Crippen LogP contribution in [-0.2, 0) is 0 Å². The smallest absolute Gasteiger partial charge is 0.164 e. The molecular weight excluding hydrogens is 255 g/mol. The van der Waals surface area contributed by atoms with Crippen LogP contribution < -0.4 is 5.32 Å². The number of hydrogen-bond acceptors (Lipinski definition) is 3. The number of carbonyl (C=O) groups is 1. The monoisotopic (exact) mass is 278 g/mol. The van der Waals surface area contributed by atoms with Crippen molar-refractivity contribution < 1.29 is 9.18 Å². The molecule has 1 fully saturated rings. The van der Waals surface area contributed by atoms with Gasteiger partial charge in [-0.1, -0.05) is 6.92 Å². The van der Waals surface area contributed by atoms with Gasteiger partial charge in [0.15, 0.2) is 5.78 Å². The van der Waals surface area contributed by atoms with Crippen molar-refractivity contribution in [3.8, 4) is 0 Å². The molecule has 1 aliphatic heterocycles. The van der Waals surface area contributed by atoms with E-state index >= 15 is 0 Å². The number of nitrogens with zero attached hydrogens (tertiary/aromatic N) is 1. The van der Waals surface area contributed by atoms with Gasteiger partial charge >= 0.3 is 0 Å². The van der Waals surface area contributed by atoms with Gasteiger partial charge in [0.05, 0.1) is 0 Å². The molecule has 4 heteroatoms. The van der Waals surface area contributed by atoms with E-state index in [2.05, 4.69) is 17.1 Å². The molecule has 1 saturated heterocycles. The van der Waals surface area contributed by atoms with Crippen LogP contribution in [0.2, 0.25) is 0 Å². The zero-order valence-electron chi connectivity index (χ0n) is 12.1. The molecule has 0 aromatic heterocycles. The van der Waals surface area contributed by atoms with Crippen molar-refractivity contribution in [2.75, 3.05) is 26.2 Å². The van der Waals surface area contributed by atoms with Gasteiger partial charge in [0, 0.05) is 24.6 Å². The van der Waals surface area contributed by atoms with E-state index in [1.807, 2.05) is 0 Å². The van der Waals surface area contributed by atoms with Crippen molar-refractivity contribution in [3.05, 3.63) is 35.6 Å². The van der Waals surface area contributed by atoms with Crippen LogP contribution in [0.15, 0.2) is 24.3 Å². The van der Waals surface area contributed by atoms with Gasteiger partial charge in [-0.3, -0.25) is 4.79 Å². The van der Waals surface area contributed by atoms with Gasteiger partial charge in [0.2, 0.25) is 0 Å². The molecule has 0 atom stereocenters. The third kappa shape index (κ3) is 4.12. The fraction of sp³-hybridized carbons (Fsp3) is 0.562. The molecule has 0 bridgehead atoms. The SMILES string of the molecule is CCN(CCC(=O)c1ccc(F)cc1)C1CCNCC1. The number of halogens is 1. The van der Waals surface area contributed by atoms with Crippen molar-refractivity contribution >= 4 is 5.78 Å². The van der Waals surface area contributed by atoms with Crippen LogP contribution >= 0.6 is 0 Å². The lowest BCUT2D eigenvalue weighted by Gasteiger charge is -2.33. The minimum atomic E-state index is -0.300. The lowest BCUT2D eigenvalue weighted by atomic mass is 10.0. The molecule has 1 aliphatic rings. The van der Waals surface area contributed by atoms with Gasteiger partial charge in [0.1, 0.15) is 5.82 Å². The molecule has 0 saturated carbocycles. The number of Topliss-reactive ketones (excluding diaryl/α,β-unsaturated/α-hetero) is 1. The zero-order chi connectivity index (χ0) is 14.4. The summed E-state index contributed by atoms with van der Waals surface area (Å²) in [7, 11) is 0. The average Bonchev–Trinajstić information content (AvgIpc) is 2.49. The van der Waals surface area contributed by atoms with Crippen molar-refractivity contribution in [2.24, 2.45) is 0 Å². The van der Waals surface area contributed by atoms with Gasteiger partial charge in [-0.2, -0.15) is 0 Å². The third-order valence-electron chi connectivity index (χ3n) is 4.02. The number of hydrogen-bond donors (Lipinski definition) is 1. The summed E-state index contributed by atoms with van der Waals surface area (Å²) in [6.45, 7) is 6.03. The largest absolute Gasteiger partial charge is 0.317 e. The number of carbonyl (C=O) groups excluding carboxylic acids is 1. The Kier molecular flexibility index (Phi) is 5.68. The highest BCUT2D eigenvalue weighted by atomic mass is 19.1. The highest BCUT2D eigenvalue weighted by Gasteiger charge is 2.20. The molecule has 110 valence electrons. The van der Waals surface area contributed by atoms with E-state index in [4.69, 9.17) is 0 Å². The van der Waals surface area contributed by atoms with Crippen molar-refractivity contribution in [3.63, 3.8) is 0 Å². The van der Waals surface area contributed by atoms with Gasteiger partial charge in [0.25, 0.3) is 0 Å². The fourth-order valence-electron chi connectivity index (χ4n) is 2.80. The van der Waals surface area contributed by atoms with E-state index in [-0.39, 0.29) is 11.6 Å². The van der Waals surface area contributed by atoms with Crippen molar-refractivity contribution in [1.82, 2.24) is 10.2 Å². The van der Waals surface area contributed by atoms with E-state index in [9.17, 15) is 9.18 Å². The number of piperidine rings is 1. The van der Waals surface area contributed by atoms with Gasteiger partial charge < -0.3 is 10.2 Å². The summed E-state index contributed by atoms with van der Waals surface area (Å²) in [4.78, 5) is 14.5. The second-order valence-electron chi connectivity index (χ2n) is 5.29. The highest BCUT2D eigenvalue weighted by Crippen LogP contribution is 2.13. The first-order valence-corrected chi connectivity index (χ1v) is 7.44. The first-order chi connectivity index (χ1) is 9.70. The van der Waals surface area contributed by atoms with E-state index < -0.39 is 0 Å². The predicted octanol–water partition coefficient (Wildman–Crippen LogP) is 2.47. The lowest BCUT2D eigenvalue weighted by molar-refractivity contribution is 0.0942. The highest BCUT2D eigenvalue weighted by molar-refractivity contribution is 5.96. The van der Waals surface area contributed by atoms with Crippen LogP contribution in [-0.4, -0.2) is 42.9 Å². The number of nitrogens with one attached hydrogen (secondary N) is 1. The Morgan fingerprint density at radius 3 is 2.55 bits per heavy atom. The summed E-state index contributed by atoms with van der Waals surface area (Å²) in [5.74, 6) is -0.205. The van der Waals surface area contributed by atoms with Gasteiger partial charge in [-0.25, -0.2) is 4.39 Å². The third-order valence-corrected chi connectivity index (χ3v) is 4.02. The Bertz CT molecular complexity index is 427. The molecule has 3 nitrogen and oxygen atoms in total. The normalized spacial score (nSPS) is 16.6. The Labute approximate surface area is 120 Å². The molecule has 20 heavy (non-hydrogen) atoms. The average molecular weight is 278 g/mol.